The number of hydrogen-bond donors (Lipinski definition) is 0. The maximum Gasteiger partial charge on any atom is 0.253 e. The zero-order valence-electron chi connectivity index (χ0n) is 8.56. The molecule has 0 amide bonds. The lowest BCUT2D eigenvalue weighted by Gasteiger charge is -2.22. The summed E-state index contributed by atoms with van der Waals surface area (Å²) < 4.78 is 58.9. The van der Waals surface area contributed by atoms with Crippen LogP contribution >= 0.6 is 0 Å². The van der Waals surface area contributed by atoms with E-state index < -0.39 is 28.0 Å². The molecule has 1 spiro atoms. The van der Waals surface area contributed by atoms with Crippen molar-refractivity contribution < 1.29 is 26.7 Å². The van der Waals surface area contributed by atoms with E-state index in [2.05, 4.69) is 0 Å². The summed E-state index contributed by atoms with van der Waals surface area (Å²) in [5.41, 5.74) is 0. The minimum absolute atomic E-state index is 0.0159. The van der Waals surface area contributed by atoms with Crippen LogP contribution in [0.25, 0.3) is 0 Å². The third-order valence-electron chi connectivity index (χ3n) is 2.70. The van der Waals surface area contributed by atoms with E-state index in [4.69, 9.17) is 9.47 Å². The molecule has 0 aromatic rings. The Morgan fingerprint density at radius 2 is 1.94 bits per heavy atom. The summed E-state index contributed by atoms with van der Waals surface area (Å²) in [6.45, 7) is 1.03. The van der Waals surface area contributed by atoms with E-state index in [1.165, 1.54) is 0 Å². The monoisotopic (exact) mass is 257 g/mol. The van der Waals surface area contributed by atoms with Crippen molar-refractivity contribution in [3.8, 4) is 0 Å². The first-order chi connectivity index (χ1) is 7.44. The maximum atomic E-state index is 12.1. The fraction of sp³-hybridized carbons (Fsp3) is 1.00. The molecule has 0 aliphatic carbocycles. The largest absolute Gasteiger partial charge is 0.346 e. The molecule has 2 aliphatic heterocycles. The summed E-state index contributed by atoms with van der Waals surface area (Å²) in [6.07, 6.45) is -2.46. The van der Waals surface area contributed by atoms with Crippen LogP contribution in [-0.2, 0) is 19.5 Å². The normalized spacial score (nSPS) is 25.9. The molecule has 2 aliphatic rings. The molecule has 2 fully saturated rings. The Morgan fingerprint density at radius 3 is 2.50 bits per heavy atom. The van der Waals surface area contributed by atoms with Gasteiger partial charge in [-0.05, 0) is 0 Å². The molecular formula is C8H13F2NO4S. The molecule has 0 radical (unpaired) electrons. The van der Waals surface area contributed by atoms with Crippen molar-refractivity contribution in [2.75, 3.05) is 32.1 Å². The standard InChI is InChI=1S/C8H13F2NO4S/c9-7(10)5-16(12,13)11-2-1-8(6-11)14-3-4-15-8/h7H,1-6H2. The highest BCUT2D eigenvalue weighted by atomic mass is 32.2. The fourth-order valence-electron chi connectivity index (χ4n) is 1.96. The van der Waals surface area contributed by atoms with E-state index in [1.54, 1.807) is 0 Å². The highest BCUT2D eigenvalue weighted by Crippen LogP contribution is 2.32. The molecule has 2 heterocycles. The van der Waals surface area contributed by atoms with Crippen molar-refractivity contribution in [2.24, 2.45) is 0 Å². The Bertz CT molecular complexity index is 353. The number of hydrogen-bond acceptors (Lipinski definition) is 4. The fourth-order valence-corrected chi connectivity index (χ4v) is 3.25. The van der Waals surface area contributed by atoms with Gasteiger partial charge < -0.3 is 9.47 Å². The highest BCUT2D eigenvalue weighted by Gasteiger charge is 2.47. The number of nitrogens with zero attached hydrogens (tertiary/aromatic N) is 1. The quantitative estimate of drug-likeness (QED) is 0.716. The number of alkyl halides is 2. The van der Waals surface area contributed by atoms with Gasteiger partial charge in [0.2, 0.25) is 10.0 Å². The summed E-state index contributed by atoms with van der Waals surface area (Å²) >= 11 is 0. The van der Waals surface area contributed by atoms with Crippen molar-refractivity contribution in [3.05, 3.63) is 0 Å². The molecular weight excluding hydrogens is 244 g/mol. The summed E-state index contributed by atoms with van der Waals surface area (Å²) in [5.74, 6) is -2.03. The lowest BCUT2D eigenvalue weighted by Crippen LogP contribution is -2.38. The van der Waals surface area contributed by atoms with E-state index >= 15 is 0 Å². The van der Waals surface area contributed by atoms with Crippen molar-refractivity contribution in [2.45, 2.75) is 18.6 Å². The third kappa shape index (κ3) is 2.34. The zero-order valence-corrected chi connectivity index (χ0v) is 9.38. The molecule has 0 saturated carbocycles. The Balaban J connectivity index is 2.03. The van der Waals surface area contributed by atoms with Crippen molar-refractivity contribution in [3.63, 3.8) is 0 Å². The first kappa shape index (κ1) is 12.2. The van der Waals surface area contributed by atoms with Gasteiger partial charge in [-0.3, -0.25) is 0 Å². The second-order valence-corrected chi connectivity index (χ2v) is 5.87. The van der Waals surface area contributed by atoms with Crippen LogP contribution in [0, 0.1) is 0 Å². The van der Waals surface area contributed by atoms with Gasteiger partial charge in [-0.15, -0.1) is 0 Å². The minimum atomic E-state index is -3.90. The number of sulfonamides is 1. The van der Waals surface area contributed by atoms with E-state index in [1.807, 2.05) is 0 Å². The van der Waals surface area contributed by atoms with Gasteiger partial charge in [-0.1, -0.05) is 0 Å². The molecule has 0 aromatic heterocycles. The second kappa shape index (κ2) is 4.17. The van der Waals surface area contributed by atoms with Gasteiger partial charge in [0.05, 0.1) is 19.8 Å². The predicted octanol–water partition coefficient (Wildman–Crippen LogP) is 0.0301. The third-order valence-corrected chi connectivity index (χ3v) is 4.47. The molecule has 0 bridgehead atoms. The molecule has 0 unspecified atom stereocenters. The Morgan fingerprint density at radius 1 is 1.31 bits per heavy atom. The Labute approximate surface area is 92.4 Å². The van der Waals surface area contributed by atoms with Gasteiger partial charge in [-0.25, -0.2) is 17.2 Å². The summed E-state index contributed by atoms with van der Waals surface area (Å²) in [6, 6.07) is 0. The van der Waals surface area contributed by atoms with E-state index in [0.29, 0.717) is 19.6 Å². The van der Waals surface area contributed by atoms with Crippen LogP contribution in [0.15, 0.2) is 0 Å². The van der Waals surface area contributed by atoms with Gasteiger partial charge in [0, 0.05) is 13.0 Å². The van der Waals surface area contributed by atoms with Crippen LogP contribution in [0.4, 0.5) is 8.78 Å². The summed E-state index contributed by atoms with van der Waals surface area (Å²) in [5, 5.41) is 0. The summed E-state index contributed by atoms with van der Waals surface area (Å²) in [7, 11) is -3.90. The van der Waals surface area contributed by atoms with Crippen LogP contribution in [0.3, 0.4) is 0 Å². The van der Waals surface area contributed by atoms with Gasteiger partial charge in [0.1, 0.15) is 5.75 Å². The van der Waals surface area contributed by atoms with Crippen LogP contribution in [0.1, 0.15) is 6.42 Å². The van der Waals surface area contributed by atoms with Gasteiger partial charge in [-0.2, -0.15) is 4.31 Å². The smallest absolute Gasteiger partial charge is 0.253 e. The van der Waals surface area contributed by atoms with Gasteiger partial charge in [0.15, 0.2) is 5.79 Å². The first-order valence-corrected chi connectivity index (χ1v) is 6.58. The van der Waals surface area contributed by atoms with Crippen molar-refractivity contribution in [1.82, 2.24) is 4.31 Å². The van der Waals surface area contributed by atoms with Crippen LogP contribution in [0.2, 0.25) is 0 Å². The molecule has 8 heteroatoms. The molecule has 0 N–H and O–H groups in total. The summed E-state index contributed by atoms with van der Waals surface area (Å²) in [4.78, 5) is 0. The molecule has 94 valence electrons. The predicted molar refractivity (Wildman–Crippen MR) is 50.6 cm³/mol. The van der Waals surface area contributed by atoms with Gasteiger partial charge in [0.25, 0.3) is 6.43 Å². The average molecular weight is 257 g/mol. The Kier molecular flexibility index (Phi) is 3.17. The minimum Gasteiger partial charge on any atom is -0.346 e. The molecule has 0 aromatic carbocycles. The molecule has 16 heavy (non-hydrogen) atoms. The molecule has 2 saturated heterocycles. The number of halogens is 2. The lowest BCUT2D eigenvalue weighted by molar-refractivity contribution is -0.142. The second-order valence-electron chi connectivity index (χ2n) is 3.86. The van der Waals surface area contributed by atoms with Crippen molar-refractivity contribution in [1.29, 1.82) is 0 Å². The van der Waals surface area contributed by atoms with Crippen LogP contribution < -0.4 is 0 Å². The van der Waals surface area contributed by atoms with E-state index in [9.17, 15) is 17.2 Å². The van der Waals surface area contributed by atoms with Crippen molar-refractivity contribution >= 4 is 10.0 Å². The lowest BCUT2D eigenvalue weighted by atomic mass is 10.2. The molecule has 2 rings (SSSR count). The van der Waals surface area contributed by atoms with Crippen LogP contribution in [-0.4, -0.2) is 57.0 Å². The van der Waals surface area contributed by atoms with Gasteiger partial charge >= 0.3 is 0 Å². The Hall–Kier alpha value is -0.310. The molecule has 5 nitrogen and oxygen atoms in total. The topological polar surface area (TPSA) is 55.8 Å². The SMILES string of the molecule is O=S(=O)(CC(F)F)N1CCC2(C1)OCCO2. The maximum absolute atomic E-state index is 12.1. The first-order valence-electron chi connectivity index (χ1n) is 4.97. The van der Waals surface area contributed by atoms with E-state index in [-0.39, 0.29) is 13.1 Å². The van der Waals surface area contributed by atoms with Crippen LogP contribution in [0.5, 0.6) is 0 Å². The number of rotatable bonds is 3. The van der Waals surface area contributed by atoms with E-state index in [0.717, 1.165) is 4.31 Å². The molecule has 0 atom stereocenters. The number of ether oxygens (including phenoxy) is 2. The highest BCUT2D eigenvalue weighted by molar-refractivity contribution is 7.89. The zero-order chi connectivity index (χ0) is 11.8. The average Bonchev–Trinajstić information content (AvgIpc) is 2.75.